The topological polar surface area (TPSA) is 95.2 Å². The molecule has 4 atom stereocenters. The summed E-state index contributed by atoms with van der Waals surface area (Å²) in [6, 6.07) is 49.4. The van der Waals surface area contributed by atoms with Crippen LogP contribution in [-0.2, 0) is 5.41 Å². The zero-order valence-corrected chi connectivity index (χ0v) is 23.6. The zero-order chi connectivity index (χ0) is 30.3. The lowest BCUT2D eigenvalue weighted by Crippen LogP contribution is -2.40. The van der Waals surface area contributed by atoms with E-state index >= 15 is 0 Å². The molecule has 44 heavy (non-hydrogen) atoms. The first-order chi connectivity index (χ1) is 21.7. The van der Waals surface area contributed by atoms with E-state index in [1.807, 2.05) is 78.9 Å². The molecule has 4 nitrogen and oxygen atoms in total. The Hall–Kier alpha value is -6.20. The fourth-order valence-corrected chi connectivity index (χ4v) is 8.07. The molecule has 0 N–H and O–H groups in total. The normalized spacial score (nSPS) is 22.7. The van der Waals surface area contributed by atoms with Gasteiger partial charge in [-0.1, -0.05) is 127 Å². The molecule has 2 bridgehead atoms. The third-order valence-corrected chi connectivity index (χ3v) is 9.43. The van der Waals surface area contributed by atoms with Gasteiger partial charge in [-0.15, -0.1) is 0 Å². The lowest BCUT2D eigenvalue weighted by atomic mass is 9.56. The van der Waals surface area contributed by atoms with Crippen LogP contribution < -0.4 is 0 Å². The molecule has 0 heterocycles. The highest BCUT2D eigenvalue weighted by Crippen LogP contribution is 2.76. The minimum absolute atomic E-state index is 0.0530. The summed E-state index contributed by atoms with van der Waals surface area (Å²) in [5.74, 6) is -1.22. The molecule has 1 saturated carbocycles. The van der Waals surface area contributed by atoms with Crippen LogP contribution in [0.1, 0.15) is 22.3 Å². The van der Waals surface area contributed by atoms with Crippen LogP contribution >= 0.6 is 0 Å². The van der Waals surface area contributed by atoms with Crippen molar-refractivity contribution in [3.8, 4) is 24.3 Å². The monoisotopic (exact) mass is 560 g/mol. The number of hydrogen-bond donors (Lipinski definition) is 0. The van der Waals surface area contributed by atoms with Gasteiger partial charge in [-0.05, 0) is 50.1 Å². The lowest BCUT2D eigenvalue weighted by Gasteiger charge is -2.44. The van der Waals surface area contributed by atoms with E-state index in [1.54, 1.807) is 0 Å². The minimum Gasteiger partial charge on any atom is -0.192 e. The maximum absolute atomic E-state index is 10.5. The maximum Gasteiger partial charge on any atom is 0.133 e. The summed E-state index contributed by atoms with van der Waals surface area (Å²) in [5.41, 5.74) is 7.85. The van der Waals surface area contributed by atoms with Gasteiger partial charge in [0.1, 0.15) is 35.4 Å². The number of allylic oxidation sites excluding steroid dienone is 8. The van der Waals surface area contributed by atoms with E-state index in [1.165, 1.54) is 0 Å². The molecule has 4 heteroatoms. The second kappa shape index (κ2) is 10.6. The molecule has 0 aliphatic heterocycles. The van der Waals surface area contributed by atoms with Crippen molar-refractivity contribution in [2.45, 2.75) is 5.41 Å². The number of nitrogens with zero attached hydrogens (tertiary/aromatic N) is 4. The molecule has 4 aromatic rings. The molecule has 3 aliphatic rings. The number of nitriles is 4. The number of fused-ring (bicyclic) bond motifs is 5. The Bertz CT molecular complexity index is 2060. The van der Waals surface area contributed by atoms with Crippen LogP contribution in [0.2, 0.25) is 0 Å². The van der Waals surface area contributed by atoms with E-state index in [-0.39, 0.29) is 11.1 Å². The maximum atomic E-state index is 10.5. The van der Waals surface area contributed by atoms with Gasteiger partial charge < -0.3 is 0 Å². The van der Waals surface area contributed by atoms with Crippen molar-refractivity contribution in [1.82, 2.24) is 0 Å². The van der Waals surface area contributed by atoms with Gasteiger partial charge in [0.2, 0.25) is 0 Å². The van der Waals surface area contributed by atoms with E-state index in [4.69, 9.17) is 0 Å². The molecular weight excluding hydrogens is 536 g/mol. The van der Waals surface area contributed by atoms with Crippen LogP contribution in [0.4, 0.5) is 0 Å². The molecule has 0 saturated heterocycles. The Labute approximate surface area is 256 Å². The molecule has 0 aromatic heterocycles. The van der Waals surface area contributed by atoms with E-state index < -0.39 is 23.2 Å². The molecule has 0 spiro atoms. The van der Waals surface area contributed by atoms with Gasteiger partial charge in [0.25, 0.3) is 0 Å². The molecule has 3 aliphatic carbocycles. The SMILES string of the molecule is N#CC(C#N)=C1C=C(c2ccccc2)[C@@]2(c3ccccc3)C1[C@@H]1C(c3ccccc3)=C(c3ccccc3)[C@H]2C1=C(C#N)C#N. The van der Waals surface area contributed by atoms with Crippen LogP contribution in [-0.4, -0.2) is 0 Å². The number of benzene rings is 4. The highest BCUT2D eigenvalue weighted by molar-refractivity contribution is 6.06. The van der Waals surface area contributed by atoms with E-state index in [2.05, 4.69) is 72.8 Å². The third kappa shape index (κ3) is 3.60. The average Bonchev–Trinajstić information content (AvgIpc) is 3.72. The van der Waals surface area contributed by atoms with Gasteiger partial charge >= 0.3 is 0 Å². The zero-order valence-electron chi connectivity index (χ0n) is 23.6. The van der Waals surface area contributed by atoms with Crippen molar-refractivity contribution in [3.63, 3.8) is 0 Å². The summed E-state index contributed by atoms with van der Waals surface area (Å²) < 4.78 is 0. The van der Waals surface area contributed by atoms with Crippen molar-refractivity contribution in [2.24, 2.45) is 17.8 Å². The summed E-state index contributed by atoms with van der Waals surface area (Å²) in [7, 11) is 0. The Kier molecular flexibility index (Phi) is 6.41. The molecule has 7 rings (SSSR count). The molecule has 1 unspecified atom stereocenters. The van der Waals surface area contributed by atoms with Gasteiger partial charge in [-0.3, -0.25) is 0 Å². The highest BCUT2D eigenvalue weighted by atomic mass is 14.7. The van der Waals surface area contributed by atoms with Gasteiger partial charge in [-0.2, -0.15) is 21.0 Å². The first-order valence-corrected chi connectivity index (χ1v) is 14.5. The quantitative estimate of drug-likeness (QED) is 0.235. The summed E-state index contributed by atoms with van der Waals surface area (Å²) >= 11 is 0. The van der Waals surface area contributed by atoms with Gasteiger partial charge in [-0.25, -0.2) is 0 Å². The summed E-state index contributed by atoms with van der Waals surface area (Å²) in [4.78, 5) is 0. The largest absolute Gasteiger partial charge is 0.192 e. The van der Waals surface area contributed by atoms with E-state index in [0.29, 0.717) is 5.57 Å². The van der Waals surface area contributed by atoms with Crippen molar-refractivity contribution in [2.75, 3.05) is 0 Å². The standard InChI is InChI=1S/C40H24N4/c41-22-29(23-42)32-21-33(26-13-5-1-6-14-26)40(31-19-11-4-12-20-31)38(32)37-34(27-15-7-2-8-16-27)35(28-17-9-3-10-18-28)39(40)36(37)30(24-43)25-44/h1-21,37-39H/t37-,38?,39+,40+/m1/s1. The smallest absolute Gasteiger partial charge is 0.133 e. The molecule has 204 valence electrons. The number of rotatable bonds is 4. The van der Waals surface area contributed by atoms with Crippen molar-refractivity contribution >= 4 is 16.7 Å². The lowest BCUT2D eigenvalue weighted by molar-refractivity contribution is 0.399. The van der Waals surface area contributed by atoms with Crippen LogP contribution in [0.15, 0.2) is 150 Å². The van der Waals surface area contributed by atoms with Crippen LogP contribution in [0.3, 0.4) is 0 Å². The Balaban J connectivity index is 1.73. The molecule has 1 fully saturated rings. The Morgan fingerprint density at radius 1 is 0.523 bits per heavy atom. The summed E-state index contributed by atoms with van der Waals surface area (Å²) in [6.45, 7) is 0. The predicted octanol–water partition coefficient (Wildman–Crippen LogP) is 8.20. The minimum atomic E-state index is -0.792. The highest BCUT2D eigenvalue weighted by Gasteiger charge is 2.70. The van der Waals surface area contributed by atoms with Gasteiger partial charge in [0, 0.05) is 23.2 Å². The molecular formula is C40H24N4. The van der Waals surface area contributed by atoms with E-state index in [0.717, 1.165) is 44.5 Å². The predicted molar refractivity (Wildman–Crippen MR) is 169 cm³/mol. The van der Waals surface area contributed by atoms with Crippen LogP contribution in [0.25, 0.3) is 16.7 Å². The first kappa shape index (κ1) is 26.7. The van der Waals surface area contributed by atoms with Crippen LogP contribution in [0, 0.1) is 63.1 Å². The van der Waals surface area contributed by atoms with E-state index in [9.17, 15) is 21.0 Å². The second-order valence-electron chi connectivity index (χ2n) is 11.2. The Morgan fingerprint density at radius 3 is 1.48 bits per heavy atom. The van der Waals surface area contributed by atoms with Crippen LogP contribution in [0.5, 0.6) is 0 Å². The van der Waals surface area contributed by atoms with Crippen molar-refractivity contribution in [1.29, 1.82) is 21.0 Å². The van der Waals surface area contributed by atoms with Gasteiger partial charge in [0.15, 0.2) is 0 Å². The van der Waals surface area contributed by atoms with Gasteiger partial charge in [0.05, 0.1) is 0 Å². The van der Waals surface area contributed by atoms with Crippen molar-refractivity contribution < 1.29 is 0 Å². The molecule has 0 amide bonds. The average molecular weight is 561 g/mol. The summed E-state index contributed by atoms with van der Waals surface area (Å²) in [6.07, 6.45) is 2.04. The molecule has 0 radical (unpaired) electrons. The third-order valence-electron chi connectivity index (χ3n) is 9.43. The first-order valence-electron chi connectivity index (χ1n) is 14.5. The summed E-state index contributed by atoms with van der Waals surface area (Å²) in [5, 5.41) is 41.5. The fourth-order valence-electron chi connectivity index (χ4n) is 8.07. The Morgan fingerprint density at radius 2 is 0.977 bits per heavy atom. The number of hydrogen-bond acceptors (Lipinski definition) is 4. The second-order valence-corrected chi connectivity index (χ2v) is 11.2. The molecule has 4 aromatic carbocycles. The van der Waals surface area contributed by atoms with Crippen molar-refractivity contribution in [3.05, 3.63) is 172 Å². The fraction of sp³-hybridized carbons (Fsp3) is 0.100.